The quantitative estimate of drug-likeness (QED) is 0.586. The second kappa shape index (κ2) is 5.41. The Morgan fingerprint density at radius 1 is 1.30 bits per heavy atom. The number of pyridine rings is 1. The third-order valence-electron chi connectivity index (χ3n) is 3.37. The minimum atomic E-state index is -1.04. The van der Waals surface area contributed by atoms with Crippen molar-refractivity contribution in [1.82, 2.24) is 9.38 Å². The van der Waals surface area contributed by atoms with E-state index in [1.165, 1.54) is 31.5 Å². The molecule has 0 saturated carbocycles. The summed E-state index contributed by atoms with van der Waals surface area (Å²) in [5.41, 5.74) is 1.55. The fourth-order valence-corrected chi connectivity index (χ4v) is 2.25. The molecule has 0 fully saturated rings. The van der Waals surface area contributed by atoms with E-state index >= 15 is 0 Å². The van der Waals surface area contributed by atoms with Crippen LogP contribution in [-0.4, -0.2) is 32.5 Å². The van der Waals surface area contributed by atoms with E-state index in [2.05, 4.69) is 4.98 Å². The molecule has 0 bridgehead atoms. The Balaban J connectivity index is 2.11. The predicted molar refractivity (Wildman–Crippen MR) is 80.8 cm³/mol. The van der Waals surface area contributed by atoms with Gasteiger partial charge in [0.25, 0.3) is 0 Å². The number of hydrogen-bond acceptors (Lipinski definition) is 5. The monoisotopic (exact) mass is 313 g/mol. The van der Waals surface area contributed by atoms with Crippen LogP contribution < -0.4 is 4.74 Å². The topological polar surface area (TPSA) is 107 Å². The highest BCUT2D eigenvalue weighted by Crippen LogP contribution is 2.31. The molecule has 8 heteroatoms. The lowest BCUT2D eigenvalue weighted by Crippen LogP contribution is -1.97. The molecule has 0 atom stereocenters. The van der Waals surface area contributed by atoms with Gasteiger partial charge in [0.1, 0.15) is 5.65 Å². The number of aromatic carboxylic acids is 1. The van der Waals surface area contributed by atoms with Crippen LogP contribution in [0.4, 0.5) is 5.69 Å². The van der Waals surface area contributed by atoms with Crippen molar-refractivity contribution >= 4 is 17.3 Å². The molecule has 0 aliphatic rings. The van der Waals surface area contributed by atoms with Crippen LogP contribution in [0.15, 0.2) is 42.7 Å². The van der Waals surface area contributed by atoms with Crippen molar-refractivity contribution in [2.24, 2.45) is 0 Å². The standard InChI is InChI=1S/C15H11N3O5/c1-23-13-4-2-9(6-12(13)18(21)22)11-8-17-7-10(15(19)20)3-5-14(17)16-11/h2-8H,1H3,(H,19,20). The summed E-state index contributed by atoms with van der Waals surface area (Å²) < 4.78 is 6.53. The number of carboxylic acid groups (broad SMARTS) is 1. The van der Waals surface area contributed by atoms with Gasteiger partial charge < -0.3 is 14.2 Å². The number of methoxy groups -OCH3 is 1. The molecule has 0 unspecified atom stereocenters. The number of imidazole rings is 1. The Kier molecular flexibility index (Phi) is 3.41. The van der Waals surface area contributed by atoms with Gasteiger partial charge >= 0.3 is 11.7 Å². The van der Waals surface area contributed by atoms with Crippen molar-refractivity contribution in [3.63, 3.8) is 0 Å². The van der Waals surface area contributed by atoms with Crippen molar-refractivity contribution in [3.05, 3.63) is 58.4 Å². The molecule has 0 amide bonds. The molecule has 1 aromatic carbocycles. The fraction of sp³-hybridized carbons (Fsp3) is 0.0667. The van der Waals surface area contributed by atoms with E-state index in [9.17, 15) is 14.9 Å². The van der Waals surface area contributed by atoms with Crippen molar-refractivity contribution in [2.75, 3.05) is 7.11 Å². The summed E-state index contributed by atoms with van der Waals surface area (Å²) >= 11 is 0. The Hall–Kier alpha value is -3.42. The van der Waals surface area contributed by atoms with Gasteiger partial charge in [-0.1, -0.05) is 0 Å². The molecule has 0 aliphatic heterocycles. The van der Waals surface area contributed by atoms with Crippen LogP contribution in [-0.2, 0) is 0 Å². The summed E-state index contributed by atoms with van der Waals surface area (Å²) in [4.78, 5) is 25.9. The average Bonchev–Trinajstić information content (AvgIpc) is 2.97. The number of nitrogens with zero attached hydrogens (tertiary/aromatic N) is 3. The van der Waals surface area contributed by atoms with Gasteiger partial charge in [0.15, 0.2) is 5.75 Å². The van der Waals surface area contributed by atoms with E-state index in [1.54, 1.807) is 22.7 Å². The number of nitro groups is 1. The number of nitro benzene ring substituents is 1. The van der Waals surface area contributed by atoms with Gasteiger partial charge in [-0.2, -0.15) is 0 Å². The van der Waals surface area contributed by atoms with Crippen molar-refractivity contribution in [3.8, 4) is 17.0 Å². The van der Waals surface area contributed by atoms with Crippen molar-refractivity contribution < 1.29 is 19.6 Å². The summed E-state index contributed by atoms with van der Waals surface area (Å²) in [6.45, 7) is 0. The first-order valence-corrected chi connectivity index (χ1v) is 6.54. The molecule has 0 aliphatic carbocycles. The second-order valence-corrected chi connectivity index (χ2v) is 4.76. The summed E-state index contributed by atoms with van der Waals surface area (Å²) in [6.07, 6.45) is 3.05. The van der Waals surface area contributed by atoms with Gasteiger partial charge in [0, 0.05) is 24.0 Å². The number of carbonyl (C=O) groups is 1. The zero-order valence-electron chi connectivity index (χ0n) is 12.0. The maximum Gasteiger partial charge on any atom is 0.337 e. The smallest absolute Gasteiger partial charge is 0.337 e. The van der Waals surface area contributed by atoms with Crippen LogP contribution in [0.3, 0.4) is 0 Å². The van der Waals surface area contributed by atoms with Crippen LogP contribution in [0.5, 0.6) is 5.75 Å². The maximum absolute atomic E-state index is 11.1. The van der Waals surface area contributed by atoms with Gasteiger partial charge in [0.2, 0.25) is 0 Å². The predicted octanol–water partition coefficient (Wildman–Crippen LogP) is 2.62. The lowest BCUT2D eigenvalue weighted by molar-refractivity contribution is -0.385. The molecule has 3 aromatic rings. The Labute approximate surface area is 129 Å². The van der Waals surface area contributed by atoms with E-state index < -0.39 is 10.9 Å². The third kappa shape index (κ3) is 2.57. The first kappa shape index (κ1) is 14.5. The van der Waals surface area contributed by atoms with Crippen molar-refractivity contribution in [1.29, 1.82) is 0 Å². The molecule has 1 N–H and O–H groups in total. The molecular formula is C15H11N3O5. The van der Waals surface area contributed by atoms with Crippen LogP contribution in [0.1, 0.15) is 10.4 Å². The Bertz CT molecular complexity index is 932. The van der Waals surface area contributed by atoms with Crippen LogP contribution in [0, 0.1) is 10.1 Å². The number of fused-ring (bicyclic) bond motifs is 1. The first-order chi connectivity index (χ1) is 11.0. The van der Waals surface area contributed by atoms with Gasteiger partial charge in [-0.25, -0.2) is 9.78 Å². The lowest BCUT2D eigenvalue weighted by Gasteiger charge is -2.02. The molecular weight excluding hydrogens is 302 g/mol. The molecule has 3 rings (SSSR count). The molecule has 116 valence electrons. The SMILES string of the molecule is COc1ccc(-c2cn3cc(C(=O)O)ccc3n2)cc1[N+](=O)[O-]. The molecule has 0 radical (unpaired) electrons. The van der Waals surface area contributed by atoms with E-state index in [0.29, 0.717) is 16.9 Å². The molecule has 0 saturated heterocycles. The maximum atomic E-state index is 11.1. The molecule has 2 aromatic heterocycles. The van der Waals surface area contributed by atoms with E-state index in [4.69, 9.17) is 9.84 Å². The molecule has 8 nitrogen and oxygen atoms in total. The highest BCUT2D eigenvalue weighted by molar-refractivity contribution is 5.87. The third-order valence-corrected chi connectivity index (χ3v) is 3.37. The summed E-state index contributed by atoms with van der Waals surface area (Å²) in [5, 5.41) is 20.1. The molecule has 2 heterocycles. The van der Waals surface area contributed by atoms with Crippen LogP contribution in [0.25, 0.3) is 16.9 Å². The molecule has 0 spiro atoms. The summed E-state index contributed by atoms with van der Waals surface area (Å²) in [5.74, 6) is -0.877. The van der Waals surface area contributed by atoms with Gasteiger partial charge in [0.05, 0.1) is 23.3 Å². The van der Waals surface area contributed by atoms with Crippen LogP contribution in [0.2, 0.25) is 0 Å². The number of rotatable bonds is 4. The molecule has 23 heavy (non-hydrogen) atoms. The highest BCUT2D eigenvalue weighted by Gasteiger charge is 2.17. The first-order valence-electron chi connectivity index (χ1n) is 6.54. The second-order valence-electron chi connectivity index (χ2n) is 4.76. The fourth-order valence-electron chi connectivity index (χ4n) is 2.25. The summed E-state index contributed by atoms with van der Waals surface area (Å²) in [6, 6.07) is 7.56. The number of ether oxygens (including phenoxy) is 1. The van der Waals surface area contributed by atoms with Crippen molar-refractivity contribution in [2.45, 2.75) is 0 Å². The van der Waals surface area contributed by atoms with Gasteiger partial charge in [-0.3, -0.25) is 10.1 Å². The van der Waals surface area contributed by atoms with E-state index in [-0.39, 0.29) is 17.0 Å². The lowest BCUT2D eigenvalue weighted by atomic mass is 10.1. The number of hydrogen-bond donors (Lipinski definition) is 1. The zero-order valence-corrected chi connectivity index (χ0v) is 12.0. The highest BCUT2D eigenvalue weighted by atomic mass is 16.6. The normalized spacial score (nSPS) is 10.7. The van der Waals surface area contributed by atoms with Crippen LogP contribution >= 0.6 is 0 Å². The minimum Gasteiger partial charge on any atom is -0.490 e. The average molecular weight is 313 g/mol. The summed E-state index contributed by atoms with van der Waals surface area (Å²) in [7, 11) is 1.36. The minimum absolute atomic E-state index is 0.127. The number of benzene rings is 1. The zero-order chi connectivity index (χ0) is 16.6. The van der Waals surface area contributed by atoms with Gasteiger partial charge in [-0.05, 0) is 24.3 Å². The Morgan fingerprint density at radius 2 is 2.09 bits per heavy atom. The number of aromatic nitrogens is 2. The van der Waals surface area contributed by atoms with E-state index in [0.717, 1.165) is 0 Å². The van der Waals surface area contributed by atoms with E-state index in [1.807, 2.05) is 0 Å². The van der Waals surface area contributed by atoms with Gasteiger partial charge in [-0.15, -0.1) is 0 Å². The largest absolute Gasteiger partial charge is 0.490 e. The number of carboxylic acids is 1. The Morgan fingerprint density at radius 3 is 2.74 bits per heavy atom.